The standard InChI is InChI=1S/C14H18ClN5/c1-4-9-16-13-17-12(18-14(19-13)20(2)3)10-5-7-11(15)8-6-10/h5-8H,4,9H2,1-3H3,(H,16,17,18,19). The van der Waals surface area contributed by atoms with Crippen molar-refractivity contribution in [1.82, 2.24) is 15.0 Å². The van der Waals surface area contributed by atoms with E-state index in [4.69, 9.17) is 11.6 Å². The van der Waals surface area contributed by atoms with Gasteiger partial charge in [0.2, 0.25) is 11.9 Å². The molecule has 0 spiro atoms. The zero-order valence-electron chi connectivity index (χ0n) is 11.9. The SMILES string of the molecule is CCCNc1nc(-c2ccc(Cl)cc2)nc(N(C)C)n1. The van der Waals surface area contributed by atoms with E-state index in [0.717, 1.165) is 18.5 Å². The summed E-state index contributed by atoms with van der Waals surface area (Å²) >= 11 is 5.91. The Bertz CT molecular complexity index is 568. The molecule has 1 aromatic carbocycles. The molecule has 0 fully saturated rings. The maximum absolute atomic E-state index is 5.91. The molecule has 2 rings (SSSR count). The molecule has 0 radical (unpaired) electrons. The molecular formula is C14H18ClN5. The molecule has 1 N–H and O–H groups in total. The van der Waals surface area contributed by atoms with E-state index in [2.05, 4.69) is 27.2 Å². The van der Waals surface area contributed by atoms with Crippen LogP contribution in [0.3, 0.4) is 0 Å². The van der Waals surface area contributed by atoms with Gasteiger partial charge in [0.05, 0.1) is 0 Å². The molecule has 0 bridgehead atoms. The van der Waals surface area contributed by atoms with Crippen molar-refractivity contribution >= 4 is 23.5 Å². The minimum Gasteiger partial charge on any atom is -0.354 e. The van der Waals surface area contributed by atoms with E-state index in [1.165, 1.54) is 0 Å². The monoisotopic (exact) mass is 291 g/mol. The van der Waals surface area contributed by atoms with Gasteiger partial charge in [-0.25, -0.2) is 0 Å². The van der Waals surface area contributed by atoms with Gasteiger partial charge in [-0.05, 0) is 30.7 Å². The minimum absolute atomic E-state index is 0.593. The lowest BCUT2D eigenvalue weighted by atomic mass is 10.2. The Hall–Kier alpha value is -1.88. The fourth-order valence-electron chi connectivity index (χ4n) is 1.61. The van der Waals surface area contributed by atoms with Crippen molar-refractivity contribution in [1.29, 1.82) is 0 Å². The molecule has 1 heterocycles. The van der Waals surface area contributed by atoms with Crippen LogP contribution in [0.2, 0.25) is 5.02 Å². The summed E-state index contributed by atoms with van der Waals surface area (Å²) in [5.41, 5.74) is 0.916. The van der Waals surface area contributed by atoms with Gasteiger partial charge >= 0.3 is 0 Å². The highest BCUT2D eigenvalue weighted by molar-refractivity contribution is 6.30. The smallest absolute Gasteiger partial charge is 0.230 e. The second-order valence-electron chi connectivity index (χ2n) is 4.61. The molecule has 0 saturated carbocycles. The molecule has 0 atom stereocenters. The maximum atomic E-state index is 5.91. The Kier molecular flexibility index (Phi) is 4.74. The molecule has 5 nitrogen and oxygen atoms in total. The van der Waals surface area contributed by atoms with Gasteiger partial charge in [-0.3, -0.25) is 0 Å². The third-order valence-corrected chi connectivity index (χ3v) is 2.91. The minimum atomic E-state index is 0.593. The van der Waals surface area contributed by atoms with Gasteiger partial charge in [0.1, 0.15) is 0 Å². The van der Waals surface area contributed by atoms with Crippen LogP contribution in [-0.4, -0.2) is 35.6 Å². The summed E-state index contributed by atoms with van der Waals surface area (Å²) < 4.78 is 0. The molecule has 0 amide bonds. The predicted octanol–water partition coefficient (Wildman–Crippen LogP) is 3.08. The number of aromatic nitrogens is 3. The number of rotatable bonds is 5. The van der Waals surface area contributed by atoms with Gasteiger partial charge in [-0.1, -0.05) is 18.5 Å². The lowest BCUT2D eigenvalue weighted by molar-refractivity contribution is 0.920. The van der Waals surface area contributed by atoms with E-state index in [0.29, 0.717) is 22.7 Å². The summed E-state index contributed by atoms with van der Waals surface area (Å²) in [5, 5.41) is 3.89. The molecule has 0 aliphatic rings. The average Bonchev–Trinajstić information content (AvgIpc) is 2.45. The number of hydrogen-bond acceptors (Lipinski definition) is 5. The largest absolute Gasteiger partial charge is 0.354 e. The van der Waals surface area contributed by atoms with Gasteiger partial charge in [-0.2, -0.15) is 15.0 Å². The second-order valence-corrected chi connectivity index (χ2v) is 5.05. The zero-order chi connectivity index (χ0) is 14.5. The van der Waals surface area contributed by atoms with E-state index in [-0.39, 0.29) is 0 Å². The molecule has 1 aromatic heterocycles. The van der Waals surface area contributed by atoms with Crippen molar-refractivity contribution in [2.75, 3.05) is 30.9 Å². The van der Waals surface area contributed by atoms with Crippen molar-refractivity contribution in [2.45, 2.75) is 13.3 Å². The molecular weight excluding hydrogens is 274 g/mol. The Morgan fingerprint density at radius 1 is 1.10 bits per heavy atom. The van der Waals surface area contributed by atoms with Crippen LogP contribution in [0, 0.1) is 0 Å². The summed E-state index contributed by atoms with van der Waals surface area (Å²) in [6.07, 6.45) is 1.01. The summed E-state index contributed by atoms with van der Waals surface area (Å²) in [7, 11) is 3.81. The fraction of sp³-hybridized carbons (Fsp3) is 0.357. The van der Waals surface area contributed by atoms with E-state index < -0.39 is 0 Å². The van der Waals surface area contributed by atoms with Crippen LogP contribution < -0.4 is 10.2 Å². The zero-order valence-corrected chi connectivity index (χ0v) is 12.6. The van der Waals surface area contributed by atoms with Crippen LogP contribution in [0.15, 0.2) is 24.3 Å². The molecule has 20 heavy (non-hydrogen) atoms. The third kappa shape index (κ3) is 3.57. The number of hydrogen-bond donors (Lipinski definition) is 1. The van der Waals surface area contributed by atoms with Crippen LogP contribution >= 0.6 is 11.6 Å². The second kappa shape index (κ2) is 6.52. The van der Waals surface area contributed by atoms with Crippen molar-refractivity contribution < 1.29 is 0 Å². The molecule has 0 aliphatic carbocycles. The average molecular weight is 292 g/mol. The molecule has 2 aromatic rings. The van der Waals surface area contributed by atoms with E-state index in [1.54, 1.807) is 0 Å². The molecule has 106 valence electrons. The maximum Gasteiger partial charge on any atom is 0.230 e. The topological polar surface area (TPSA) is 53.9 Å². The quantitative estimate of drug-likeness (QED) is 0.917. The van der Waals surface area contributed by atoms with Crippen LogP contribution in [0.4, 0.5) is 11.9 Å². The van der Waals surface area contributed by atoms with E-state index in [1.807, 2.05) is 43.3 Å². The van der Waals surface area contributed by atoms with Crippen LogP contribution in [0.5, 0.6) is 0 Å². The van der Waals surface area contributed by atoms with E-state index >= 15 is 0 Å². The number of anilines is 2. The molecule has 0 saturated heterocycles. The van der Waals surface area contributed by atoms with Gasteiger partial charge in [0, 0.05) is 31.2 Å². The van der Waals surface area contributed by atoms with E-state index in [9.17, 15) is 0 Å². The Labute approximate surface area is 124 Å². The van der Waals surface area contributed by atoms with Crippen LogP contribution in [-0.2, 0) is 0 Å². The van der Waals surface area contributed by atoms with Crippen molar-refractivity contribution in [3.63, 3.8) is 0 Å². The van der Waals surface area contributed by atoms with Crippen molar-refractivity contribution in [2.24, 2.45) is 0 Å². The lowest BCUT2D eigenvalue weighted by Gasteiger charge is -2.13. The fourth-order valence-corrected chi connectivity index (χ4v) is 1.73. The highest BCUT2D eigenvalue weighted by Crippen LogP contribution is 2.20. The van der Waals surface area contributed by atoms with Gasteiger partial charge in [0.15, 0.2) is 5.82 Å². The van der Waals surface area contributed by atoms with Crippen LogP contribution in [0.1, 0.15) is 13.3 Å². The number of nitrogens with one attached hydrogen (secondary N) is 1. The first-order chi connectivity index (χ1) is 9.60. The summed E-state index contributed by atoms with van der Waals surface area (Å²) in [4.78, 5) is 15.2. The predicted molar refractivity (Wildman–Crippen MR) is 83.4 cm³/mol. The number of benzene rings is 1. The summed E-state index contributed by atoms with van der Waals surface area (Å²) in [6.45, 7) is 2.93. The summed E-state index contributed by atoms with van der Waals surface area (Å²) in [6, 6.07) is 7.46. The first kappa shape index (κ1) is 14.5. The number of halogens is 1. The first-order valence-electron chi connectivity index (χ1n) is 6.53. The Morgan fingerprint density at radius 3 is 2.40 bits per heavy atom. The molecule has 0 unspecified atom stereocenters. The number of nitrogens with zero attached hydrogens (tertiary/aromatic N) is 4. The summed E-state index contributed by atoms with van der Waals surface area (Å²) in [5.74, 6) is 1.86. The Morgan fingerprint density at radius 2 is 1.80 bits per heavy atom. The highest BCUT2D eigenvalue weighted by atomic mass is 35.5. The highest BCUT2D eigenvalue weighted by Gasteiger charge is 2.09. The van der Waals surface area contributed by atoms with Gasteiger partial charge in [-0.15, -0.1) is 0 Å². The first-order valence-corrected chi connectivity index (χ1v) is 6.91. The van der Waals surface area contributed by atoms with Gasteiger partial charge in [0.25, 0.3) is 0 Å². The molecule has 6 heteroatoms. The third-order valence-electron chi connectivity index (χ3n) is 2.66. The van der Waals surface area contributed by atoms with Crippen LogP contribution in [0.25, 0.3) is 11.4 Å². The lowest BCUT2D eigenvalue weighted by Crippen LogP contribution is -2.16. The van der Waals surface area contributed by atoms with Crippen molar-refractivity contribution in [3.05, 3.63) is 29.3 Å². The Balaban J connectivity index is 2.40. The van der Waals surface area contributed by atoms with Gasteiger partial charge < -0.3 is 10.2 Å². The van der Waals surface area contributed by atoms with Crippen molar-refractivity contribution in [3.8, 4) is 11.4 Å². The normalized spacial score (nSPS) is 10.4. The molecule has 0 aliphatic heterocycles.